The number of rotatable bonds is 5. The Kier molecular flexibility index (Phi) is 6.02. The van der Waals surface area contributed by atoms with Crippen LogP contribution in [0.3, 0.4) is 0 Å². The smallest absolute Gasteiger partial charge is 0.241 e. The van der Waals surface area contributed by atoms with Crippen LogP contribution in [0.1, 0.15) is 29.2 Å². The van der Waals surface area contributed by atoms with Crippen LogP contribution >= 0.6 is 0 Å². The van der Waals surface area contributed by atoms with Crippen LogP contribution in [0.2, 0.25) is 0 Å². The van der Waals surface area contributed by atoms with Gasteiger partial charge < -0.3 is 0 Å². The zero-order valence-corrected chi connectivity index (χ0v) is 23.3. The summed E-state index contributed by atoms with van der Waals surface area (Å²) in [5.41, 5.74) is 3.35. The number of benzene rings is 4. The first-order chi connectivity index (χ1) is 18.6. The summed E-state index contributed by atoms with van der Waals surface area (Å²) in [4.78, 5) is 0.430. The van der Waals surface area contributed by atoms with Gasteiger partial charge in [-0.05, 0) is 53.9 Å². The standard InChI is InChI=1S/C31H28N2O4S2/c1-23-16-18-26(19-17-23)38(34,35)32-20-24-10-6-8-14-28(24)31(2,22-32)29-21-33(30-15-9-7-13-27(29)30)39(36,37)25-11-4-3-5-12-25/h3-19,21H,20,22H2,1-2H3. The van der Waals surface area contributed by atoms with Crippen LogP contribution in [0.15, 0.2) is 119 Å². The van der Waals surface area contributed by atoms with Crippen molar-refractivity contribution in [2.45, 2.75) is 35.6 Å². The Morgan fingerprint density at radius 2 is 1.28 bits per heavy atom. The Balaban J connectivity index is 1.56. The second-order valence-electron chi connectivity index (χ2n) is 10.2. The maximum absolute atomic E-state index is 13.9. The molecule has 0 bridgehead atoms. The molecule has 0 amide bonds. The molecule has 1 aliphatic heterocycles. The van der Waals surface area contributed by atoms with Gasteiger partial charge in [-0.2, -0.15) is 4.31 Å². The lowest BCUT2D eigenvalue weighted by Crippen LogP contribution is -2.47. The summed E-state index contributed by atoms with van der Waals surface area (Å²) in [7, 11) is -7.70. The fourth-order valence-electron chi connectivity index (χ4n) is 5.63. The zero-order valence-electron chi connectivity index (χ0n) is 21.7. The summed E-state index contributed by atoms with van der Waals surface area (Å²) in [6, 6.07) is 30.4. The van der Waals surface area contributed by atoms with Crippen LogP contribution < -0.4 is 0 Å². The van der Waals surface area contributed by atoms with Crippen molar-refractivity contribution in [3.8, 4) is 0 Å². The largest absolute Gasteiger partial charge is 0.268 e. The van der Waals surface area contributed by atoms with Crippen molar-refractivity contribution in [1.29, 1.82) is 0 Å². The molecule has 5 aromatic rings. The third-order valence-electron chi connectivity index (χ3n) is 7.68. The summed E-state index contributed by atoms with van der Waals surface area (Å²) >= 11 is 0. The first-order valence-corrected chi connectivity index (χ1v) is 15.6. The quantitative estimate of drug-likeness (QED) is 0.278. The van der Waals surface area contributed by atoms with E-state index < -0.39 is 25.5 Å². The van der Waals surface area contributed by atoms with Gasteiger partial charge in [-0.15, -0.1) is 0 Å². The lowest BCUT2D eigenvalue weighted by Gasteiger charge is -2.41. The van der Waals surface area contributed by atoms with Crippen molar-refractivity contribution in [3.05, 3.63) is 132 Å². The maximum atomic E-state index is 13.9. The Morgan fingerprint density at radius 3 is 2.03 bits per heavy atom. The molecule has 198 valence electrons. The summed E-state index contributed by atoms with van der Waals surface area (Å²) in [6.45, 7) is 4.33. The zero-order chi connectivity index (χ0) is 27.4. The summed E-state index contributed by atoms with van der Waals surface area (Å²) in [5, 5.41) is 0.767. The fourth-order valence-corrected chi connectivity index (χ4v) is 8.54. The van der Waals surface area contributed by atoms with E-state index in [9.17, 15) is 16.8 Å². The molecule has 1 atom stereocenters. The van der Waals surface area contributed by atoms with E-state index in [0.717, 1.165) is 27.6 Å². The van der Waals surface area contributed by atoms with E-state index >= 15 is 0 Å². The molecule has 39 heavy (non-hydrogen) atoms. The second kappa shape index (κ2) is 9.19. The average Bonchev–Trinajstić information content (AvgIpc) is 3.35. The number of hydrogen-bond donors (Lipinski definition) is 0. The minimum atomic E-state index is -3.89. The van der Waals surface area contributed by atoms with Gasteiger partial charge in [-0.25, -0.2) is 20.8 Å². The normalized spacial score (nSPS) is 18.2. The molecule has 1 aromatic heterocycles. The van der Waals surface area contributed by atoms with Crippen molar-refractivity contribution >= 4 is 30.9 Å². The number of nitrogens with zero attached hydrogens (tertiary/aromatic N) is 2. The molecule has 1 aliphatic rings. The highest BCUT2D eigenvalue weighted by molar-refractivity contribution is 7.90. The van der Waals surface area contributed by atoms with Crippen molar-refractivity contribution in [1.82, 2.24) is 8.28 Å². The average molecular weight is 557 g/mol. The van der Waals surface area contributed by atoms with Gasteiger partial charge in [0.15, 0.2) is 0 Å². The molecule has 6 rings (SSSR count). The molecule has 0 saturated carbocycles. The number of para-hydroxylation sites is 1. The molecule has 6 nitrogen and oxygen atoms in total. The molecule has 4 aromatic carbocycles. The van der Waals surface area contributed by atoms with E-state index in [1.165, 1.54) is 8.28 Å². The number of fused-ring (bicyclic) bond motifs is 2. The van der Waals surface area contributed by atoms with Crippen molar-refractivity contribution in [2.24, 2.45) is 0 Å². The van der Waals surface area contributed by atoms with Gasteiger partial charge in [0, 0.05) is 30.1 Å². The van der Waals surface area contributed by atoms with E-state index in [1.807, 2.05) is 56.3 Å². The molecule has 0 fully saturated rings. The predicted molar refractivity (Wildman–Crippen MR) is 153 cm³/mol. The number of aryl methyl sites for hydroxylation is 1. The molecule has 0 spiro atoms. The van der Waals surface area contributed by atoms with Gasteiger partial charge in [-0.1, -0.05) is 85.3 Å². The highest BCUT2D eigenvalue weighted by Crippen LogP contribution is 2.44. The van der Waals surface area contributed by atoms with Crippen LogP contribution in [0.25, 0.3) is 10.9 Å². The Bertz CT molecular complexity index is 1910. The molecule has 8 heteroatoms. The van der Waals surface area contributed by atoms with Gasteiger partial charge in [0.2, 0.25) is 10.0 Å². The van der Waals surface area contributed by atoms with Gasteiger partial charge in [-0.3, -0.25) is 0 Å². The first kappa shape index (κ1) is 25.6. The topological polar surface area (TPSA) is 76.5 Å². The Hall–Kier alpha value is -3.72. The summed E-state index contributed by atoms with van der Waals surface area (Å²) in [5.74, 6) is 0. The predicted octanol–water partition coefficient (Wildman–Crippen LogP) is 5.70. The fraction of sp³-hybridized carbons (Fsp3) is 0.161. The number of hydrogen-bond acceptors (Lipinski definition) is 4. The van der Waals surface area contributed by atoms with Gasteiger partial charge in [0.05, 0.1) is 15.3 Å². The molecule has 0 N–H and O–H groups in total. The first-order valence-electron chi connectivity index (χ1n) is 12.7. The lowest BCUT2D eigenvalue weighted by atomic mass is 9.72. The number of aromatic nitrogens is 1. The SMILES string of the molecule is Cc1ccc(S(=O)(=O)N2Cc3ccccc3C(C)(c3cn(S(=O)(=O)c4ccccc4)c4ccccc34)C2)cc1. The van der Waals surface area contributed by atoms with E-state index in [1.54, 1.807) is 66.9 Å². The van der Waals surface area contributed by atoms with Gasteiger partial charge >= 0.3 is 0 Å². The van der Waals surface area contributed by atoms with E-state index in [0.29, 0.717) is 5.52 Å². The van der Waals surface area contributed by atoms with Crippen LogP contribution in [0.4, 0.5) is 0 Å². The van der Waals surface area contributed by atoms with Crippen LogP contribution in [0, 0.1) is 6.92 Å². The number of sulfonamides is 1. The Morgan fingerprint density at radius 1 is 0.667 bits per heavy atom. The summed E-state index contributed by atoms with van der Waals surface area (Å²) < 4.78 is 58.1. The molecule has 0 aliphatic carbocycles. The monoisotopic (exact) mass is 556 g/mol. The van der Waals surface area contributed by atoms with E-state index in [2.05, 4.69) is 0 Å². The molecule has 0 radical (unpaired) electrons. The molecule has 2 heterocycles. The highest BCUT2D eigenvalue weighted by atomic mass is 32.2. The van der Waals surface area contributed by atoms with Gasteiger partial charge in [0.1, 0.15) is 0 Å². The van der Waals surface area contributed by atoms with Gasteiger partial charge in [0.25, 0.3) is 10.0 Å². The Labute approximate surface area is 229 Å². The van der Waals surface area contributed by atoms with Crippen molar-refractivity contribution in [2.75, 3.05) is 6.54 Å². The minimum Gasteiger partial charge on any atom is -0.241 e. The second-order valence-corrected chi connectivity index (χ2v) is 14.0. The van der Waals surface area contributed by atoms with E-state index in [-0.39, 0.29) is 22.9 Å². The van der Waals surface area contributed by atoms with Crippen LogP contribution in [-0.4, -0.2) is 31.7 Å². The summed E-state index contributed by atoms with van der Waals surface area (Å²) in [6.07, 6.45) is 1.67. The molecular weight excluding hydrogens is 528 g/mol. The van der Waals surface area contributed by atoms with Crippen LogP contribution in [-0.2, 0) is 32.0 Å². The van der Waals surface area contributed by atoms with E-state index in [4.69, 9.17) is 0 Å². The third-order valence-corrected chi connectivity index (χ3v) is 11.2. The molecule has 0 saturated heterocycles. The maximum Gasteiger partial charge on any atom is 0.268 e. The molecule has 1 unspecified atom stereocenters. The lowest BCUT2D eigenvalue weighted by molar-refractivity contribution is 0.316. The minimum absolute atomic E-state index is 0.166. The highest BCUT2D eigenvalue weighted by Gasteiger charge is 2.43. The third kappa shape index (κ3) is 4.11. The van der Waals surface area contributed by atoms with Crippen molar-refractivity contribution < 1.29 is 16.8 Å². The molecular formula is C31H28N2O4S2. The van der Waals surface area contributed by atoms with Crippen molar-refractivity contribution in [3.63, 3.8) is 0 Å². The van der Waals surface area contributed by atoms with Crippen LogP contribution in [0.5, 0.6) is 0 Å².